The van der Waals surface area contributed by atoms with E-state index in [2.05, 4.69) is 5.32 Å². The number of carbonyl (C=O) groups is 1. The molecule has 0 saturated heterocycles. The number of hydrogen-bond acceptors (Lipinski definition) is 3. The van der Waals surface area contributed by atoms with Crippen molar-refractivity contribution in [3.8, 4) is 17.0 Å². The van der Waals surface area contributed by atoms with Crippen LogP contribution >= 0.6 is 0 Å². The molecule has 0 saturated carbocycles. The number of carbonyl (C=O) groups excluding carboxylic acids is 1. The third-order valence-corrected chi connectivity index (χ3v) is 4.36. The number of amides is 1. The molecule has 0 bridgehead atoms. The Labute approximate surface area is 164 Å². The molecule has 0 aliphatic carbocycles. The van der Waals surface area contributed by atoms with Crippen LogP contribution in [0, 0.1) is 0 Å². The summed E-state index contributed by atoms with van der Waals surface area (Å²) in [5.41, 5.74) is 2.70. The van der Waals surface area contributed by atoms with Gasteiger partial charge in [-0.1, -0.05) is 24.3 Å². The van der Waals surface area contributed by atoms with Crippen molar-refractivity contribution in [3.05, 3.63) is 64.7 Å². The van der Waals surface area contributed by atoms with E-state index in [1.807, 2.05) is 80.0 Å². The smallest absolute Gasteiger partial charge is 0.275 e. The molecule has 28 heavy (non-hydrogen) atoms. The molecule has 0 radical (unpaired) electrons. The molecule has 1 amide bonds. The number of methoxy groups -OCH3 is 1. The van der Waals surface area contributed by atoms with Gasteiger partial charge in [-0.2, -0.15) is 0 Å². The van der Waals surface area contributed by atoms with Gasteiger partial charge in [0, 0.05) is 24.0 Å². The fourth-order valence-corrected chi connectivity index (χ4v) is 3.19. The normalized spacial score (nSPS) is 11.5. The van der Waals surface area contributed by atoms with Crippen LogP contribution in [0.15, 0.2) is 53.6 Å². The Morgan fingerprint density at radius 2 is 2.04 bits per heavy atom. The summed E-state index contributed by atoms with van der Waals surface area (Å²) in [6.07, 6.45) is 7.64. The molecular formula is C22H25N3O3. The van der Waals surface area contributed by atoms with Crippen LogP contribution in [0.25, 0.3) is 22.9 Å². The average molecular weight is 379 g/mol. The minimum absolute atomic E-state index is 0.00166. The molecule has 0 fully saturated rings. The van der Waals surface area contributed by atoms with Gasteiger partial charge in [0.2, 0.25) is 5.91 Å². The Hall–Kier alpha value is -3.28. The Kier molecular flexibility index (Phi) is 5.68. The Morgan fingerprint density at radius 1 is 1.25 bits per heavy atom. The fraction of sp³-hybridized carbons (Fsp3) is 0.273. The standard InChI is InChI=1S/C22H25N3O3/c1-5-7-16-10-19-22(27)25(14-21(26)23-15(2)3)20(13-24(19)12-16)17-8-6-9-18(11-17)28-4/h5-13,15H,14H2,1-4H3,(H,23,26)/b7-5+. The van der Waals surface area contributed by atoms with Crippen molar-refractivity contribution in [1.82, 2.24) is 14.3 Å². The maximum Gasteiger partial charge on any atom is 0.275 e. The van der Waals surface area contributed by atoms with Crippen LogP contribution in [0.1, 0.15) is 26.3 Å². The van der Waals surface area contributed by atoms with Gasteiger partial charge in [-0.15, -0.1) is 0 Å². The molecule has 1 N–H and O–H groups in total. The highest BCUT2D eigenvalue weighted by Gasteiger charge is 2.16. The molecule has 146 valence electrons. The number of allylic oxidation sites excluding steroid dienone is 1. The van der Waals surface area contributed by atoms with Crippen LogP contribution in [0.3, 0.4) is 0 Å². The van der Waals surface area contributed by atoms with Gasteiger partial charge in [-0.3, -0.25) is 14.2 Å². The summed E-state index contributed by atoms with van der Waals surface area (Å²) in [5, 5.41) is 2.85. The second-order valence-electron chi connectivity index (χ2n) is 6.93. The summed E-state index contributed by atoms with van der Waals surface area (Å²) in [4.78, 5) is 25.6. The summed E-state index contributed by atoms with van der Waals surface area (Å²) >= 11 is 0. The molecule has 0 atom stereocenters. The van der Waals surface area contributed by atoms with E-state index in [0.29, 0.717) is 17.0 Å². The lowest BCUT2D eigenvalue weighted by Gasteiger charge is -2.16. The van der Waals surface area contributed by atoms with Crippen LogP contribution in [-0.2, 0) is 11.3 Å². The number of benzene rings is 1. The predicted molar refractivity (Wildman–Crippen MR) is 112 cm³/mol. The average Bonchev–Trinajstić information content (AvgIpc) is 3.06. The third kappa shape index (κ3) is 4.01. The topological polar surface area (TPSA) is 64.7 Å². The van der Waals surface area contributed by atoms with E-state index in [4.69, 9.17) is 4.74 Å². The Bertz CT molecular complexity index is 1090. The summed E-state index contributed by atoms with van der Waals surface area (Å²) in [6.45, 7) is 5.66. The molecule has 6 nitrogen and oxygen atoms in total. The largest absolute Gasteiger partial charge is 0.497 e. The molecule has 3 rings (SSSR count). The predicted octanol–water partition coefficient (Wildman–Crippen LogP) is 3.33. The monoisotopic (exact) mass is 379 g/mol. The van der Waals surface area contributed by atoms with Crippen LogP contribution in [-0.4, -0.2) is 28.0 Å². The molecule has 3 aromatic rings. The lowest BCUT2D eigenvalue weighted by Crippen LogP contribution is -2.36. The molecule has 0 aliphatic heterocycles. The number of rotatable bonds is 6. The number of nitrogens with one attached hydrogen (secondary N) is 1. The Morgan fingerprint density at radius 3 is 2.71 bits per heavy atom. The zero-order valence-electron chi connectivity index (χ0n) is 16.6. The van der Waals surface area contributed by atoms with E-state index in [1.165, 1.54) is 4.57 Å². The molecule has 2 aromatic heterocycles. The summed E-state index contributed by atoms with van der Waals surface area (Å²) < 4.78 is 8.65. The van der Waals surface area contributed by atoms with E-state index >= 15 is 0 Å². The quantitative estimate of drug-likeness (QED) is 0.714. The molecule has 0 aliphatic rings. The van der Waals surface area contributed by atoms with Gasteiger partial charge in [0.25, 0.3) is 5.56 Å². The highest BCUT2D eigenvalue weighted by molar-refractivity contribution is 5.77. The number of nitrogens with zero attached hydrogens (tertiary/aromatic N) is 2. The van der Waals surface area contributed by atoms with Crippen molar-refractivity contribution in [3.63, 3.8) is 0 Å². The summed E-state index contributed by atoms with van der Waals surface area (Å²) in [6, 6.07) is 9.29. The molecular weight excluding hydrogens is 354 g/mol. The zero-order chi connectivity index (χ0) is 20.3. The first-order valence-electron chi connectivity index (χ1n) is 9.25. The van der Waals surface area contributed by atoms with E-state index in [0.717, 1.165) is 11.1 Å². The van der Waals surface area contributed by atoms with Gasteiger partial charge in [-0.25, -0.2) is 0 Å². The highest BCUT2D eigenvalue weighted by atomic mass is 16.5. The number of hydrogen-bond donors (Lipinski definition) is 1. The first-order chi connectivity index (χ1) is 13.4. The molecule has 0 unspecified atom stereocenters. The maximum atomic E-state index is 13.2. The zero-order valence-corrected chi connectivity index (χ0v) is 16.6. The fourth-order valence-electron chi connectivity index (χ4n) is 3.19. The summed E-state index contributed by atoms with van der Waals surface area (Å²) in [7, 11) is 1.60. The van der Waals surface area contributed by atoms with Crippen LogP contribution in [0.2, 0.25) is 0 Å². The SMILES string of the molecule is C/C=C/c1cc2c(=O)n(CC(=O)NC(C)C)c(-c3cccc(OC)c3)cn2c1. The summed E-state index contributed by atoms with van der Waals surface area (Å²) in [5.74, 6) is 0.483. The molecule has 0 spiro atoms. The number of fused-ring (bicyclic) bond motifs is 1. The first-order valence-corrected chi connectivity index (χ1v) is 9.25. The minimum Gasteiger partial charge on any atom is -0.497 e. The van der Waals surface area contributed by atoms with Gasteiger partial charge in [0.15, 0.2) is 0 Å². The molecule has 6 heteroatoms. The van der Waals surface area contributed by atoms with E-state index in [1.54, 1.807) is 7.11 Å². The first kappa shape index (κ1) is 19.5. The number of aromatic nitrogens is 2. The van der Waals surface area contributed by atoms with Gasteiger partial charge < -0.3 is 14.5 Å². The van der Waals surface area contributed by atoms with Crippen LogP contribution in [0.4, 0.5) is 0 Å². The second kappa shape index (κ2) is 8.17. The maximum absolute atomic E-state index is 13.2. The highest BCUT2D eigenvalue weighted by Crippen LogP contribution is 2.24. The Balaban J connectivity index is 2.21. The molecule has 1 aromatic carbocycles. The van der Waals surface area contributed by atoms with Crippen molar-refractivity contribution in [2.75, 3.05) is 7.11 Å². The van der Waals surface area contributed by atoms with Gasteiger partial charge >= 0.3 is 0 Å². The van der Waals surface area contributed by atoms with E-state index in [-0.39, 0.29) is 24.1 Å². The second-order valence-corrected chi connectivity index (χ2v) is 6.93. The van der Waals surface area contributed by atoms with Crippen molar-refractivity contribution < 1.29 is 9.53 Å². The van der Waals surface area contributed by atoms with Gasteiger partial charge in [-0.05, 0) is 44.5 Å². The van der Waals surface area contributed by atoms with Crippen molar-refractivity contribution in [1.29, 1.82) is 0 Å². The number of ether oxygens (including phenoxy) is 1. The molecule has 2 heterocycles. The van der Waals surface area contributed by atoms with Crippen LogP contribution < -0.4 is 15.6 Å². The van der Waals surface area contributed by atoms with Crippen molar-refractivity contribution >= 4 is 17.5 Å². The van der Waals surface area contributed by atoms with Crippen LogP contribution in [0.5, 0.6) is 5.75 Å². The van der Waals surface area contributed by atoms with Gasteiger partial charge in [0.1, 0.15) is 17.8 Å². The van der Waals surface area contributed by atoms with Crippen molar-refractivity contribution in [2.45, 2.75) is 33.4 Å². The minimum atomic E-state index is -0.213. The third-order valence-electron chi connectivity index (χ3n) is 4.36. The van der Waals surface area contributed by atoms with Gasteiger partial charge in [0.05, 0.1) is 12.8 Å². The lowest BCUT2D eigenvalue weighted by atomic mass is 10.1. The lowest BCUT2D eigenvalue weighted by molar-refractivity contribution is -0.122. The van der Waals surface area contributed by atoms with E-state index < -0.39 is 0 Å². The van der Waals surface area contributed by atoms with E-state index in [9.17, 15) is 9.59 Å². The van der Waals surface area contributed by atoms with Crippen molar-refractivity contribution in [2.24, 2.45) is 0 Å².